The molecule has 0 aromatic heterocycles. The molecule has 5 heteroatoms. The highest BCUT2D eigenvalue weighted by atomic mass is 32.2. The minimum Gasteiger partial charge on any atom is -0.494 e. The summed E-state index contributed by atoms with van der Waals surface area (Å²) < 4.78 is 12.2. The van der Waals surface area contributed by atoms with E-state index in [1.165, 1.54) is 27.8 Å². The number of carboxylic acid groups (broad SMARTS) is 1. The molecule has 0 bridgehead atoms. The van der Waals surface area contributed by atoms with E-state index in [-0.39, 0.29) is 12.3 Å². The van der Waals surface area contributed by atoms with Crippen molar-refractivity contribution in [3.63, 3.8) is 0 Å². The van der Waals surface area contributed by atoms with E-state index in [0.29, 0.717) is 12.5 Å². The van der Waals surface area contributed by atoms with Crippen molar-refractivity contribution in [1.29, 1.82) is 0 Å². The number of thioether (sulfide) groups is 1. The van der Waals surface area contributed by atoms with E-state index in [2.05, 4.69) is 75.6 Å². The molecule has 4 rings (SSSR count). The molecular formula is C35H48O4S. The summed E-state index contributed by atoms with van der Waals surface area (Å²) >= 11 is 1.84. The zero-order chi connectivity index (χ0) is 29.7. The van der Waals surface area contributed by atoms with Crippen molar-refractivity contribution >= 4 is 17.7 Å². The highest BCUT2D eigenvalue weighted by Gasteiger charge is 2.30. The molecule has 3 aromatic carbocycles. The van der Waals surface area contributed by atoms with Gasteiger partial charge in [0.15, 0.2) is 0 Å². The Morgan fingerprint density at radius 2 is 1.62 bits per heavy atom. The van der Waals surface area contributed by atoms with E-state index in [0.717, 1.165) is 47.8 Å². The third-order valence-corrected chi connectivity index (χ3v) is 7.67. The average Bonchev–Trinajstić information content (AvgIpc) is 3.25. The van der Waals surface area contributed by atoms with Crippen molar-refractivity contribution < 1.29 is 19.4 Å². The van der Waals surface area contributed by atoms with Crippen molar-refractivity contribution in [2.75, 3.05) is 18.6 Å². The van der Waals surface area contributed by atoms with Gasteiger partial charge in [-0.1, -0.05) is 58.9 Å². The van der Waals surface area contributed by atoms with E-state index < -0.39 is 5.97 Å². The van der Waals surface area contributed by atoms with E-state index in [4.69, 9.17) is 9.47 Å². The number of carboxylic acids is 1. The van der Waals surface area contributed by atoms with Crippen LogP contribution >= 0.6 is 11.8 Å². The van der Waals surface area contributed by atoms with Gasteiger partial charge in [0.25, 0.3) is 0 Å². The Hall–Kier alpha value is -2.92. The molecule has 0 aliphatic heterocycles. The molecule has 1 aliphatic carbocycles. The molecule has 0 amide bonds. The Morgan fingerprint density at radius 3 is 2.27 bits per heavy atom. The summed E-state index contributed by atoms with van der Waals surface area (Å²) in [5, 5.41) is 9.22. The number of rotatable bonds is 11. The third kappa shape index (κ3) is 9.05. The summed E-state index contributed by atoms with van der Waals surface area (Å²) in [6, 6.07) is 18.9. The first-order chi connectivity index (χ1) is 19.4. The molecule has 0 spiro atoms. The number of carbonyl (C=O) groups is 1. The van der Waals surface area contributed by atoms with Gasteiger partial charge in [0.1, 0.15) is 18.1 Å². The van der Waals surface area contributed by atoms with Gasteiger partial charge in [-0.2, -0.15) is 11.8 Å². The van der Waals surface area contributed by atoms with E-state index >= 15 is 0 Å². The fourth-order valence-corrected chi connectivity index (χ4v) is 5.77. The Balaban J connectivity index is 0.00000134. The fourth-order valence-electron chi connectivity index (χ4n) is 5.37. The Kier molecular flexibility index (Phi) is 14.2. The maximum Gasteiger partial charge on any atom is 0.303 e. The number of hydrogen-bond donors (Lipinski definition) is 1. The highest BCUT2D eigenvalue weighted by Crippen LogP contribution is 2.44. The van der Waals surface area contributed by atoms with Crippen molar-refractivity contribution in [2.24, 2.45) is 0 Å². The summed E-state index contributed by atoms with van der Waals surface area (Å²) in [5.41, 5.74) is 8.31. The topological polar surface area (TPSA) is 55.8 Å². The van der Waals surface area contributed by atoms with Gasteiger partial charge in [-0.25, -0.2) is 0 Å². The fraction of sp³-hybridized carbons (Fsp3) is 0.457. The van der Waals surface area contributed by atoms with Crippen LogP contribution < -0.4 is 9.47 Å². The zero-order valence-corrected chi connectivity index (χ0v) is 26.5. The van der Waals surface area contributed by atoms with Crippen LogP contribution in [-0.2, 0) is 11.4 Å². The molecule has 2 unspecified atom stereocenters. The van der Waals surface area contributed by atoms with Crippen molar-refractivity contribution in [3.8, 4) is 22.6 Å². The molecule has 2 atom stereocenters. The van der Waals surface area contributed by atoms with Crippen LogP contribution in [0, 0.1) is 13.8 Å². The van der Waals surface area contributed by atoms with Crippen LogP contribution in [0.1, 0.15) is 93.5 Å². The molecule has 40 heavy (non-hydrogen) atoms. The zero-order valence-electron chi connectivity index (χ0n) is 25.7. The molecule has 0 radical (unpaired) electrons. The predicted molar refractivity (Wildman–Crippen MR) is 171 cm³/mol. The number of aliphatic carboxylic acids is 1. The largest absolute Gasteiger partial charge is 0.494 e. The second-order valence-electron chi connectivity index (χ2n) is 9.84. The molecule has 3 aromatic rings. The highest BCUT2D eigenvalue weighted by molar-refractivity contribution is 7.98. The molecule has 0 saturated carbocycles. The number of aryl methyl sites for hydroxylation is 2. The lowest BCUT2D eigenvalue weighted by molar-refractivity contribution is -0.137. The van der Waals surface area contributed by atoms with Gasteiger partial charge in [0.2, 0.25) is 0 Å². The molecule has 0 fully saturated rings. The minimum absolute atomic E-state index is 0.0943. The van der Waals surface area contributed by atoms with Gasteiger partial charge in [0, 0.05) is 0 Å². The Bertz CT molecular complexity index is 1200. The summed E-state index contributed by atoms with van der Waals surface area (Å²) in [6.07, 6.45) is 4.24. The molecule has 1 aliphatic rings. The Morgan fingerprint density at radius 1 is 0.925 bits per heavy atom. The van der Waals surface area contributed by atoms with Gasteiger partial charge in [-0.15, -0.1) is 0 Å². The summed E-state index contributed by atoms with van der Waals surface area (Å²) in [4.78, 5) is 11.2. The quantitative estimate of drug-likeness (QED) is 0.235. The van der Waals surface area contributed by atoms with E-state index in [9.17, 15) is 9.90 Å². The van der Waals surface area contributed by atoms with Crippen LogP contribution in [0.4, 0.5) is 0 Å². The van der Waals surface area contributed by atoms with Gasteiger partial charge in [-0.05, 0) is 120 Å². The predicted octanol–water partition coefficient (Wildman–Crippen LogP) is 9.80. The smallest absolute Gasteiger partial charge is 0.303 e. The maximum atomic E-state index is 11.2. The van der Waals surface area contributed by atoms with Crippen molar-refractivity contribution in [2.45, 2.75) is 86.2 Å². The molecule has 218 valence electrons. The lowest BCUT2D eigenvalue weighted by Gasteiger charge is -2.15. The summed E-state index contributed by atoms with van der Waals surface area (Å²) in [6.45, 7) is 15.7. The van der Waals surface area contributed by atoms with Crippen LogP contribution in [0.2, 0.25) is 0 Å². The minimum atomic E-state index is -0.737. The van der Waals surface area contributed by atoms with Crippen LogP contribution in [0.15, 0.2) is 54.6 Å². The average molecular weight is 565 g/mol. The van der Waals surface area contributed by atoms with Crippen LogP contribution in [0.3, 0.4) is 0 Å². The lowest BCUT2D eigenvalue weighted by Crippen LogP contribution is -2.03. The first-order valence-corrected chi connectivity index (χ1v) is 16.1. The molecular weight excluding hydrogens is 516 g/mol. The van der Waals surface area contributed by atoms with E-state index in [1.54, 1.807) is 0 Å². The Labute approximate surface area is 246 Å². The second-order valence-corrected chi connectivity index (χ2v) is 10.8. The lowest BCUT2D eigenvalue weighted by atomic mass is 9.94. The number of hydrogen-bond acceptors (Lipinski definition) is 4. The van der Waals surface area contributed by atoms with Crippen molar-refractivity contribution in [3.05, 3.63) is 82.4 Å². The standard InChI is InChI=1S/C31H36O4S.2C2H6/c1-20-13-25(17-30(32)33)28-10-9-26(18-29(20)28)35-19-23-7-5-8-24(16-23)31-21(2)14-27(15-22(31)3)34-11-6-12-36-4;2*1-2/h5,7-10,14-16,18,20,25H,6,11-13,17,19H2,1-4H3,(H,32,33);2*1-2H3. The number of benzene rings is 3. The monoisotopic (exact) mass is 564 g/mol. The van der Waals surface area contributed by atoms with Gasteiger partial charge >= 0.3 is 5.97 Å². The molecule has 4 nitrogen and oxygen atoms in total. The van der Waals surface area contributed by atoms with Gasteiger partial charge in [0.05, 0.1) is 13.0 Å². The number of fused-ring (bicyclic) bond motifs is 1. The van der Waals surface area contributed by atoms with Crippen LogP contribution in [-0.4, -0.2) is 29.7 Å². The van der Waals surface area contributed by atoms with Crippen molar-refractivity contribution in [1.82, 2.24) is 0 Å². The summed E-state index contributed by atoms with van der Waals surface area (Å²) in [5.74, 6) is 2.58. The SMILES string of the molecule is CC.CC.CSCCCOc1cc(C)c(-c2cccc(COc3ccc4c(c3)C(C)CC4CC(=O)O)c2)c(C)c1. The van der Waals surface area contributed by atoms with E-state index in [1.807, 2.05) is 45.5 Å². The first-order valence-electron chi connectivity index (χ1n) is 14.7. The third-order valence-electron chi connectivity index (χ3n) is 6.98. The maximum absolute atomic E-state index is 11.2. The molecule has 0 heterocycles. The molecule has 0 saturated heterocycles. The number of ether oxygens (including phenoxy) is 2. The van der Waals surface area contributed by atoms with Gasteiger partial charge < -0.3 is 14.6 Å². The second kappa shape index (κ2) is 17.0. The van der Waals surface area contributed by atoms with Gasteiger partial charge in [-0.3, -0.25) is 4.79 Å². The molecule has 1 N–H and O–H groups in total. The van der Waals surface area contributed by atoms with Crippen LogP contribution in [0.5, 0.6) is 11.5 Å². The first kappa shape index (κ1) is 33.3. The normalized spacial score (nSPS) is 15.2. The summed E-state index contributed by atoms with van der Waals surface area (Å²) in [7, 11) is 0. The van der Waals surface area contributed by atoms with Crippen LogP contribution in [0.25, 0.3) is 11.1 Å².